The summed E-state index contributed by atoms with van der Waals surface area (Å²) in [6, 6.07) is 5.82. The Morgan fingerprint density at radius 1 is 1.53 bits per heavy atom. The van der Waals surface area contributed by atoms with Gasteiger partial charge in [-0.25, -0.2) is 9.97 Å². The van der Waals surface area contributed by atoms with Gasteiger partial charge in [-0.05, 0) is 17.5 Å². The van der Waals surface area contributed by atoms with Crippen molar-refractivity contribution in [2.45, 2.75) is 6.54 Å². The molecule has 4 nitrogen and oxygen atoms in total. The summed E-state index contributed by atoms with van der Waals surface area (Å²) in [6.45, 7) is 0.776. The van der Waals surface area contributed by atoms with Gasteiger partial charge in [0.25, 0.3) is 0 Å². The predicted molar refractivity (Wildman–Crippen MR) is 74.3 cm³/mol. The van der Waals surface area contributed by atoms with Crippen LogP contribution in [0.4, 0.5) is 5.95 Å². The van der Waals surface area contributed by atoms with Crippen molar-refractivity contribution in [2.24, 2.45) is 5.73 Å². The third-order valence-corrected chi connectivity index (χ3v) is 3.28. The summed E-state index contributed by atoms with van der Waals surface area (Å²) in [5, 5.41) is 2.05. The number of thiocarbonyl (C=S) groups is 1. The molecule has 0 unspecified atom stereocenters. The van der Waals surface area contributed by atoms with Crippen molar-refractivity contribution in [1.29, 1.82) is 0 Å². The van der Waals surface area contributed by atoms with Gasteiger partial charge >= 0.3 is 0 Å². The Hall–Kier alpha value is -1.53. The van der Waals surface area contributed by atoms with Gasteiger partial charge in [-0.2, -0.15) is 0 Å². The second-order valence-corrected chi connectivity index (χ2v) is 5.01. The summed E-state index contributed by atoms with van der Waals surface area (Å²) >= 11 is 6.60. The lowest BCUT2D eigenvalue weighted by atomic mass is 10.4. The highest BCUT2D eigenvalue weighted by Gasteiger charge is 2.07. The Balaban J connectivity index is 2.16. The topological polar surface area (TPSA) is 55.0 Å². The van der Waals surface area contributed by atoms with Crippen LogP contribution >= 0.6 is 23.6 Å². The molecule has 0 aliphatic carbocycles. The molecule has 0 aliphatic heterocycles. The standard InChI is InChI=1S/C11H12N4S2/c1-15(7-8-3-2-6-17-8)11-13-5-4-9(14-11)10(12)16/h2-6H,7H2,1H3,(H2,12,16). The van der Waals surface area contributed by atoms with Crippen molar-refractivity contribution in [3.05, 3.63) is 40.3 Å². The van der Waals surface area contributed by atoms with Crippen LogP contribution in [0, 0.1) is 0 Å². The number of hydrogen-bond acceptors (Lipinski definition) is 5. The SMILES string of the molecule is CN(Cc1cccs1)c1nccc(C(N)=S)n1. The van der Waals surface area contributed by atoms with Gasteiger partial charge in [0, 0.05) is 18.1 Å². The summed E-state index contributed by atoms with van der Waals surface area (Å²) < 4.78 is 0. The lowest BCUT2D eigenvalue weighted by Crippen LogP contribution is -2.20. The minimum absolute atomic E-state index is 0.290. The van der Waals surface area contributed by atoms with Crippen LogP contribution in [0.25, 0.3) is 0 Å². The smallest absolute Gasteiger partial charge is 0.226 e. The van der Waals surface area contributed by atoms with E-state index in [4.69, 9.17) is 18.0 Å². The molecular weight excluding hydrogens is 252 g/mol. The third kappa shape index (κ3) is 2.98. The van der Waals surface area contributed by atoms with Crippen LogP contribution < -0.4 is 10.6 Å². The van der Waals surface area contributed by atoms with E-state index in [-0.39, 0.29) is 4.99 Å². The van der Waals surface area contributed by atoms with E-state index in [9.17, 15) is 0 Å². The Morgan fingerprint density at radius 2 is 2.35 bits per heavy atom. The Kier molecular flexibility index (Phi) is 3.65. The first-order valence-corrected chi connectivity index (χ1v) is 6.32. The van der Waals surface area contributed by atoms with Gasteiger partial charge in [0.1, 0.15) is 10.7 Å². The fourth-order valence-corrected chi connectivity index (χ4v) is 2.25. The number of thiophene rings is 1. The highest BCUT2D eigenvalue weighted by molar-refractivity contribution is 7.80. The lowest BCUT2D eigenvalue weighted by molar-refractivity contribution is 0.876. The van der Waals surface area contributed by atoms with Gasteiger partial charge in [-0.15, -0.1) is 11.3 Å². The maximum atomic E-state index is 5.54. The zero-order valence-corrected chi connectivity index (χ0v) is 11.0. The molecule has 0 saturated heterocycles. The van der Waals surface area contributed by atoms with Gasteiger partial charge in [-0.1, -0.05) is 18.3 Å². The molecule has 88 valence electrons. The van der Waals surface area contributed by atoms with E-state index >= 15 is 0 Å². The maximum absolute atomic E-state index is 5.54. The summed E-state index contributed by atoms with van der Waals surface area (Å²) in [5.41, 5.74) is 6.14. The van der Waals surface area contributed by atoms with Crippen molar-refractivity contribution >= 4 is 34.5 Å². The zero-order valence-electron chi connectivity index (χ0n) is 9.33. The molecule has 0 spiro atoms. The molecule has 0 amide bonds. The molecule has 17 heavy (non-hydrogen) atoms. The molecular formula is C11H12N4S2. The van der Waals surface area contributed by atoms with Crippen molar-refractivity contribution < 1.29 is 0 Å². The summed E-state index contributed by atoms with van der Waals surface area (Å²) in [5.74, 6) is 0.628. The average Bonchev–Trinajstić information content (AvgIpc) is 2.82. The first-order chi connectivity index (χ1) is 8.16. The van der Waals surface area contributed by atoms with E-state index in [0.717, 1.165) is 6.54 Å². The van der Waals surface area contributed by atoms with Crippen molar-refractivity contribution in [3.63, 3.8) is 0 Å². The highest BCUT2D eigenvalue weighted by Crippen LogP contribution is 2.14. The molecule has 0 atom stereocenters. The summed E-state index contributed by atoms with van der Waals surface area (Å²) in [4.78, 5) is 12.0. The fraction of sp³-hybridized carbons (Fsp3) is 0.182. The van der Waals surface area contributed by atoms with E-state index in [0.29, 0.717) is 11.6 Å². The molecule has 2 aromatic heterocycles. The Labute approximate surface area is 109 Å². The first kappa shape index (κ1) is 11.9. The summed E-state index contributed by atoms with van der Waals surface area (Å²) in [6.07, 6.45) is 1.67. The second-order valence-electron chi connectivity index (χ2n) is 3.54. The molecule has 2 N–H and O–H groups in total. The largest absolute Gasteiger partial charge is 0.388 e. The zero-order chi connectivity index (χ0) is 12.3. The number of nitrogens with two attached hydrogens (primary N) is 1. The molecule has 0 bridgehead atoms. The molecule has 0 saturated carbocycles. The van der Waals surface area contributed by atoms with E-state index in [1.165, 1.54) is 4.88 Å². The molecule has 2 heterocycles. The quantitative estimate of drug-likeness (QED) is 0.854. The number of nitrogens with zero attached hydrogens (tertiary/aromatic N) is 3. The monoisotopic (exact) mass is 264 g/mol. The predicted octanol–water partition coefficient (Wildman–Crippen LogP) is 1.81. The van der Waals surface area contributed by atoms with Gasteiger partial charge in [-0.3, -0.25) is 0 Å². The molecule has 0 fully saturated rings. The van der Waals surface area contributed by atoms with Crippen LogP contribution in [0.3, 0.4) is 0 Å². The van der Waals surface area contributed by atoms with Gasteiger partial charge in [0.2, 0.25) is 5.95 Å². The van der Waals surface area contributed by atoms with Gasteiger partial charge < -0.3 is 10.6 Å². The van der Waals surface area contributed by atoms with Crippen molar-refractivity contribution in [1.82, 2.24) is 9.97 Å². The molecule has 0 aliphatic rings. The molecule has 2 aromatic rings. The molecule has 0 aromatic carbocycles. The van der Waals surface area contributed by atoms with Gasteiger partial charge in [0.05, 0.1) is 6.54 Å². The number of rotatable bonds is 4. The number of aromatic nitrogens is 2. The van der Waals surface area contributed by atoms with E-state index in [2.05, 4.69) is 21.4 Å². The minimum atomic E-state index is 0.290. The highest BCUT2D eigenvalue weighted by atomic mass is 32.1. The normalized spacial score (nSPS) is 10.2. The van der Waals surface area contributed by atoms with Crippen molar-refractivity contribution in [2.75, 3.05) is 11.9 Å². The Bertz CT molecular complexity index is 510. The lowest BCUT2D eigenvalue weighted by Gasteiger charge is -2.16. The van der Waals surface area contributed by atoms with Crippen LogP contribution in [-0.4, -0.2) is 22.0 Å². The van der Waals surface area contributed by atoms with Crippen LogP contribution in [0.15, 0.2) is 29.8 Å². The molecule has 0 radical (unpaired) electrons. The van der Waals surface area contributed by atoms with Crippen LogP contribution in [0.1, 0.15) is 10.6 Å². The first-order valence-electron chi connectivity index (χ1n) is 5.03. The summed E-state index contributed by atoms with van der Waals surface area (Å²) in [7, 11) is 1.94. The average molecular weight is 264 g/mol. The van der Waals surface area contributed by atoms with E-state index in [1.54, 1.807) is 23.6 Å². The van der Waals surface area contributed by atoms with Crippen LogP contribution in [-0.2, 0) is 6.54 Å². The second kappa shape index (κ2) is 5.20. The molecule has 6 heteroatoms. The third-order valence-electron chi connectivity index (χ3n) is 2.21. The number of hydrogen-bond donors (Lipinski definition) is 1. The molecule has 2 rings (SSSR count). The minimum Gasteiger partial charge on any atom is -0.388 e. The van der Waals surface area contributed by atoms with Crippen molar-refractivity contribution in [3.8, 4) is 0 Å². The fourth-order valence-electron chi connectivity index (χ4n) is 1.38. The maximum Gasteiger partial charge on any atom is 0.226 e. The number of anilines is 1. The van der Waals surface area contributed by atoms with E-state index in [1.807, 2.05) is 18.0 Å². The van der Waals surface area contributed by atoms with Gasteiger partial charge in [0.15, 0.2) is 0 Å². The Morgan fingerprint density at radius 3 is 3.00 bits per heavy atom. The van der Waals surface area contributed by atoms with Crippen LogP contribution in [0.2, 0.25) is 0 Å². The van der Waals surface area contributed by atoms with Crippen LogP contribution in [0.5, 0.6) is 0 Å². The van der Waals surface area contributed by atoms with E-state index < -0.39 is 0 Å².